The number of benzene rings is 1. The summed E-state index contributed by atoms with van der Waals surface area (Å²) in [6.45, 7) is 7.81. The van der Waals surface area contributed by atoms with Crippen molar-refractivity contribution in [2.75, 3.05) is 10.6 Å². The second kappa shape index (κ2) is 8.26. The Morgan fingerprint density at radius 3 is 2.41 bits per heavy atom. The second-order valence-corrected chi connectivity index (χ2v) is 7.84. The molecule has 2 amide bonds. The summed E-state index contributed by atoms with van der Waals surface area (Å²) in [6, 6.07) is 12.3. The van der Waals surface area contributed by atoms with E-state index in [1.165, 1.54) is 0 Å². The Kier molecular flexibility index (Phi) is 5.77. The minimum Gasteiger partial charge on any atom is -0.359 e. The van der Waals surface area contributed by atoms with Gasteiger partial charge in [0, 0.05) is 29.1 Å². The zero-order valence-corrected chi connectivity index (χ0v) is 16.9. The van der Waals surface area contributed by atoms with E-state index in [1.807, 2.05) is 20.8 Å². The van der Waals surface area contributed by atoms with Crippen LogP contribution in [0.1, 0.15) is 48.1 Å². The lowest BCUT2D eigenvalue weighted by molar-refractivity contribution is -0.115. The molecule has 1 aromatic carbocycles. The summed E-state index contributed by atoms with van der Waals surface area (Å²) in [5, 5.41) is 9.46. The Bertz CT molecular complexity index is 1020. The first-order valence-electron chi connectivity index (χ1n) is 9.31. The molecule has 0 saturated carbocycles. The second-order valence-electron chi connectivity index (χ2n) is 7.84. The number of aryl methyl sites for hydroxylation is 1. The Labute approximate surface area is 169 Å². The van der Waals surface area contributed by atoms with Crippen molar-refractivity contribution in [2.45, 2.75) is 39.5 Å². The molecule has 2 N–H and O–H groups in total. The maximum Gasteiger partial charge on any atom is 0.257 e. The van der Waals surface area contributed by atoms with Crippen LogP contribution in [-0.4, -0.2) is 22.0 Å². The Balaban J connectivity index is 1.57. The molecule has 0 atom stereocenters. The van der Waals surface area contributed by atoms with E-state index in [-0.39, 0.29) is 23.7 Å². The largest absolute Gasteiger partial charge is 0.359 e. The van der Waals surface area contributed by atoms with Crippen molar-refractivity contribution in [1.82, 2.24) is 10.1 Å². The van der Waals surface area contributed by atoms with Gasteiger partial charge in [-0.2, -0.15) is 0 Å². The van der Waals surface area contributed by atoms with Crippen molar-refractivity contribution >= 4 is 23.3 Å². The molecule has 29 heavy (non-hydrogen) atoms. The molecule has 0 aliphatic rings. The first kappa shape index (κ1) is 20.3. The molecule has 0 radical (unpaired) electrons. The predicted molar refractivity (Wildman–Crippen MR) is 111 cm³/mol. The van der Waals surface area contributed by atoms with Gasteiger partial charge in [0.25, 0.3) is 5.91 Å². The van der Waals surface area contributed by atoms with Gasteiger partial charge >= 0.3 is 0 Å². The maximum absolute atomic E-state index is 12.3. The van der Waals surface area contributed by atoms with Gasteiger partial charge in [-0.3, -0.25) is 14.6 Å². The summed E-state index contributed by atoms with van der Waals surface area (Å²) in [6.07, 6.45) is 1.84. The van der Waals surface area contributed by atoms with E-state index >= 15 is 0 Å². The van der Waals surface area contributed by atoms with Gasteiger partial charge in [0.05, 0.1) is 12.0 Å². The fourth-order valence-corrected chi connectivity index (χ4v) is 2.69. The highest BCUT2D eigenvalue weighted by Gasteiger charge is 2.20. The molecule has 7 heteroatoms. The molecular weight excluding hydrogens is 368 g/mol. The fraction of sp³-hybridized carbons (Fsp3) is 0.273. The highest BCUT2D eigenvalue weighted by molar-refractivity contribution is 6.05. The van der Waals surface area contributed by atoms with Crippen LogP contribution in [0.25, 0.3) is 0 Å². The standard InChI is InChI=1S/C22H24N4O3/c1-14-17(6-5-11-23-14)21(28)24-16-9-7-15(8-10-16)12-20(27)25-19-13-18(29-26-19)22(2,3)4/h5-11,13H,12H2,1-4H3,(H,24,28)(H,25,26,27). The number of nitrogens with one attached hydrogen (secondary N) is 2. The first-order chi connectivity index (χ1) is 13.7. The summed E-state index contributed by atoms with van der Waals surface area (Å²) in [5.41, 5.74) is 2.48. The van der Waals surface area contributed by atoms with E-state index < -0.39 is 0 Å². The molecule has 2 heterocycles. The quantitative estimate of drug-likeness (QED) is 0.681. The number of anilines is 2. The van der Waals surface area contributed by atoms with Crippen molar-refractivity contribution in [1.29, 1.82) is 0 Å². The van der Waals surface area contributed by atoms with Crippen molar-refractivity contribution in [3.63, 3.8) is 0 Å². The number of rotatable bonds is 5. The highest BCUT2D eigenvalue weighted by atomic mass is 16.5. The molecule has 0 fully saturated rings. The average molecular weight is 392 g/mol. The molecule has 0 aliphatic carbocycles. The van der Waals surface area contributed by atoms with Gasteiger partial charge in [0.1, 0.15) is 5.76 Å². The number of pyridine rings is 1. The van der Waals surface area contributed by atoms with Crippen LogP contribution in [0.3, 0.4) is 0 Å². The van der Waals surface area contributed by atoms with Crippen LogP contribution in [0, 0.1) is 6.92 Å². The molecule has 2 aromatic heterocycles. The molecule has 3 aromatic rings. The Morgan fingerprint density at radius 1 is 1.07 bits per heavy atom. The summed E-state index contributed by atoms with van der Waals surface area (Å²) in [5.74, 6) is 0.690. The van der Waals surface area contributed by atoms with Crippen molar-refractivity contribution in [3.8, 4) is 0 Å². The van der Waals surface area contributed by atoms with Crippen LogP contribution in [-0.2, 0) is 16.6 Å². The third-order valence-corrected chi connectivity index (χ3v) is 4.34. The Morgan fingerprint density at radius 2 is 1.79 bits per heavy atom. The normalized spacial score (nSPS) is 11.2. The summed E-state index contributed by atoms with van der Waals surface area (Å²) in [7, 11) is 0. The zero-order valence-electron chi connectivity index (χ0n) is 16.9. The maximum atomic E-state index is 12.3. The summed E-state index contributed by atoms with van der Waals surface area (Å²) >= 11 is 0. The fourth-order valence-electron chi connectivity index (χ4n) is 2.69. The molecule has 0 spiro atoms. The van der Waals surface area contributed by atoms with Gasteiger partial charge < -0.3 is 15.2 Å². The number of nitrogens with zero attached hydrogens (tertiary/aromatic N) is 2. The smallest absolute Gasteiger partial charge is 0.257 e. The van der Waals surface area contributed by atoms with Gasteiger partial charge in [0.15, 0.2) is 5.82 Å². The van der Waals surface area contributed by atoms with Gasteiger partial charge in [-0.15, -0.1) is 0 Å². The van der Waals surface area contributed by atoms with Crippen LogP contribution >= 0.6 is 0 Å². The lowest BCUT2D eigenvalue weighted by atomic mass is 9.93. The van der Waals surface area contributed by atoms with Gasteiger partial charge in [-0.25, -0.2) is 0 Å². The number of carbonyl (C=O) groups is 2. The number of hydrogen-bond acceptors (Lipinski definition) is 5. The number of carbonyl (C=O) groups excluding carboxylic acids is 2. The topological polar surface area (TPSA) is 97.1 Å². The number of aromatic nitrogens is 2. The molecule has 150 valence electrons. The lowest BCUT2D eigenvalue weighted by Crippen LogP contribution is -2.15. The molecule has 0 unspecified atom stereocenters. The molecular formula is C22H24N4O3. The van der Waals surface area contributed by atoms with E-state index in [4.69, 9.17) is 4.52 Å². The van der Waals surface area contributed by atoms with Gasteiger partial charge in [-0.05, 0) is 36.8 Å². The zero-order chi connectivity index (χ0) is 21.0. The van der Waals surface area contributed by atoms with E-state index in [2.05, 4.69) is 20.8 Å². The predicted octanol–water partition coefficient (Wildman–Crippen LogP) is 4.11. The van der Waals surface area contributed by atoms with Crippen molar-refractivity contribution in [3.05, 3.63) is 71.2 Å². The summed E-state index contributed by atoms with van der Waals surface area (Å²) in [4.78, 5) is 28.7. The average Bonchev–Trinajstić information content (AvgIpc) is 3.12. The Hall–Kier alpha value is -3.48. The third-order valence-electron chi connectivity index (χ3n) is 4.34. The van der Waals surface area contributed by atoms with Crippen LogP contribution in [0.15, 0.2) is 53.2 Å². The van der Waals surface area contributed by atoms with E-state index in [9.17, 15) is 9.59 Å². The first-order valence-corrected chi connectivity index (χ1v) is 9.31. The molecule has 0 bridgehead atoms. The molecule has 3 rings (SSSR count). The summed E-state index contributed by atoms with van der Waals surface area (Å²) < 4.78 is 5.27. The minimum absolute atomic E-state index is 0.176. The third kappa shape index (κ3) is 5.28. The van der Waals surface area contributed by atoms with Gasteiger partial charge in [0.2, 0.25) is 5.91 Å². The van der Waals surface area contributed by atoms with Gasteiger partial charge in [-0.1, -0.05) is 38.1 Å². The number of hydrogen-bond donors (Lipinski definition) is 2. The van der Waals surface area contributed by atoms with Crippen LogP contribution < -0.4 is 10.6 Å². The van der Waals surface area contributed by atoms with Crippen LogP contribution in [0.5, 0.6) is 0 Å². The SMILES string of the molecule is Cc1ncccc1C(=O)Nc1ccc(CC(=O)Nc2cc(C(C)(C)C)on2)cc1. The van der Waals surface area contributed by atoms with E-state index in [0.29, 0.717) is 28.5 Å². The molecule has 7 nitrogen and oxygen atoms in total. The van der Waals surface area contributed by atoms with Crippen LogP contribution in [0.2, 0.25) is 0 Å². The molecule has 0 saturated heterocycles. The monoisotopic (exact) mass is 392 g/mol. The van der Waals surface area contributed by atoms with E-state index in [1.54, 1.807) is 55.6 Å². The molecule has 0 aliphatic heterocycles. The van der Waals surface area contributed by atoms with Crippen molar-refractivity contribution < 1.29 is 14.1 Å². The minimum atomic E-state index is -0.221. The van der Waals surface area contributed by atoms with Crippen LogP contribution in [0.4, 0.5) is 11.5 Å². The highest BCUT2D eigenvalue weighted by Crippen LogP contribution is 2.24. The number of amides is 2. The van der Waals surface area contributed by atoms with E-state index in [0.717, 1.165) is 5.56 Å². The van der Waals surface area contributed by atoms with Crippen molar-refractivity contribution in [2.24, 2.45) is 0 Å². The lowest BCUT2D eigenvalue weighted by Gasteiger charge is -2.12.